The second-order valence-corrected chi connectivity index (χ2v) is 10.0. The van der Waals surface area contributed by atoms with Crippen LogP contribution in [0.15, 0.2) is 47.9 Å². The molecule has 1 unspecified atom stereocenters. The number of hydrogen-bond donors (Lipinski definition) is 1. The fourth-order valence-electron chi connectivity index (χ4n) is 3.73. The Kier molecular flexibility index (Phi) is 7.46. The Labute approximate surface area is 187 Å². The lowest BCUT2D eigenvalue weighted by atomic mass is 9.98. The summed E-state index contributed by atoms with van der Waals surface area (Å²) in [6.07, 6.45) is 4.83. The summed E-state index contributed by atoms with van der Waals surface area (Å²) in [7, 11) is 0. The smallest absolute Gasteiger partial charge is 0.0792 e. The van der Waals surface area contributed by atoms with Gasteiger partial charge in [0, 0.05) is 8.48 Å². The summed E-state index contributed by atoms with van der Waals surface area (Å²) in [5.41, 5.74) is 8.94. The lowest BCUT2D eigenvalue weighted by molar-refractivity contribution is 0.166. The molecule has 0 bridgehead atoms. The van der Waals surface area contributed by atoms with Gasteiger partial charge >= 0.3 is 0 Å². The van der Waals surface area contributed by atoms with Crippen molar-refractivity contribution in [3.05, 3.63) is 84.8 Å². The Morgan fingerprint density at radius 3 is 2.79 bits per heavy atom. The summed E-state index contributed by atoms with van der Waals surface area (Å²) in [6.45, 7) is 10.8. The molecule has 0 aromatic heterocycles. The van der Waals surface area contributed by atoms with Crippen LogP contribution in [0, 0.1) is 17.4 Å². The summed E-state index contributed by atoms with van der Waals surface area (Å²) in [6, 6.07) is 11.1. The molecule has 0 aliphatic heterocycles. The van der Waals surface area contributed by atoms with Crippen molar-refractivity contribution in [1.29, 1.82) is 0 Å². The molecule has 0 fully saturated rings. The molecule has 0 spiro atoms. The first-order valence-corrected chi connectivity index (χ1v) is 11.9. The minimum absolute atomic E-state index is 0.334. The summed E-state index contributed by atoms with van der Waals surface area (Å²) in [5.74, 6) is 0. The van der Waals surface area contributed by atoms with Gasteiger partial charge in [-0.3, -0.25) is 0 Å². The molecule has 2 aromatic rings. The van der Waals surface area contributed by atoms with E-state index in [1.54, 1.807) is 11.8 Å². The molecule has 2 aromatic carbocycles. The third kappa shape index (κ3) is 5.31. The zero-order chi connectivity index (χ0) is 20.3. The zero-order valence-corrected chi connectivity index (χ0v) is 20.0. The second-order valence-electron chi connectivity index (χ2n) is 7.89. The van der Waals surface area contributed by atoms with Crippen molar-refractivity contribution in [2.24, 2.45) is 0 Å². The molecule has 0 heterocycles. The van der Waals surface area contributed by atoms with Crippen LogP contribution >= 0.6 is 34.4 Å². The van der Waals surface area contributed by atoms with Crippen molar-refractivity contribution < 1.29 is 5.11 Å². The molecule has 3 rings (SSSR count). The van der Waals surface area contributed by atoms with Gasteiger partial charge in [0.15, 0.2) is 0 Å². The molecular weight excluding hydrogens is 475 g/mol. The summed E-state index contributed by atoms with van der Waals surface area (Å²) in [5, 5.41) is 12.7. The van der Waals surface area contributed by atoms with E-state index in [2.05, 4.69) is 85.7 Å². The normalized spacial score (nSPS) is 17.2. The average molecular weight is 504 g/mol. The van der Waals surface area contributed by atoms with Crippen LogP contribution in [-0.2, 0) is 12.8 Å². The monoisotopic (exact) mass is 504 g/mol. The van der Waals surface area contributed by atoms with E-state index in [9.17, 15) is 5.11 Å². The molecule has 3 heteroatoms. The number of rotatable bonds is 5. The van der Waals surface area contributed by atoms with Crippen LogP contribution in [0.5, 0.6) is 0 Å². The fraction of sp³-hybridized carbons (Fsp3) is 0.360. The molecule has 1 nitrogen and oxygen atoms in total. The van der Waals surface area contributed by atoms with E-state index in [0.717, 1.165) is 41.7 Å². The summed E-state index contributed by atoms with van der Waals surface area (Å²) in [4.78, 5) is 1.04. The molecule has 1 N–H and O–H groups in total. The molecule has 28 heavy (non-hydrogen) atoms. The average Bonchev–Trinajstić information content (AvgIpc) is 2.85. The van der Waals surface area contributed by atoms with Gasteiger partial charge in [0.1, 0.15) is 0 Å². The highest BCUT2D eigenvalue weighted by Crippen LogP contribution is 2.34. The summed E-state index contributed by atoms with van der Waals surface area (Å²) >= 11 is 4.09. The zero-order valence-electron chi connectivity index (χ0n) is 17.0. The van der Waals surface area contributed by atoms with Crippen molar-refractivity contribution in [3.8, 4) is 0 Å². The topological polar surface area (TPSA) is 20.2 Å². The van der Waals surface area contributed by atoms with E-state index < -0.39 is 0 Å². The van der Waals surface area contributed by atoms with E-state index >= 15 is 0 Å². The number of aryl methyl sites for hydroxylation is 3. The van der Waals surface area contributed by atoms with Gasteiger partial charge in [-0.25, -0.2) is 0 Å². The molecule has 148 valence electrons. The predicted molar refractivity (Wildman–Crippen MR) is 132 cm³/mol. The van der Waals surface area contributed by atoms with E-state index in [0.29, 0.717) is 0 Å². The molecule has 0 saturated heterocycles. The molecule has 0 saturated carbocycles. The Balaban J connectivity index is 1.70. The lowest BCUT2D eigenvalue weighted by Gasteiger charge is -2.14. The highest BCUT2D eigenvalue weighted by Gasteiger charge is 2.17. The number of aliphatic hydroxyl groups is 1. The van der Waals surface area contributed by atoms with Gasteiger partial charge in [0.25, 0.3) is 0 Å². The maximum absolute atomic E-state index is 10.4. The van der Waals surface area contributed by atoms with Crippen LogP contribution in [0.3, 0.4) is 0 Å². The number of aliphatic hydroxyl groups excluding tert-OH is 1. The van der Waals surface area contributed by atoms with Gasteiger partial charge in [-0.15, -0.1) is 0 Å². The first-order chi connectivity index (χ1) is 13.3. The maximum Gasteiger partial charge on any atom is 0.0792 e. The van der Waals surface area contributed by atoms with Gasteiger partial charge < -0.3 is 5.11 Å². The SMILES string of the molecule is C=C(S/C=C(\C)Cc1cc(C)c(I)cc1C)c1ccc2c(c1)C(O)CCCC2. The van der Waals surface area contributed by atoms with Gasteiger partial charge in [0.2, 0.25) is 0 Å². The molecule has 1 aliphatic rings. The van der Waals surface area contributed by atoms with Gasteiger partial charge in [-0.05, 0) is 120 Å². The van der Waals surface area contributed by atoms with Crippen LogP contribution in [-0.4, -0.2) is 5.11 Å². The Hall–Kier alpha value is -1.04. The second kappa shape index (κ2) is 9.64. The number of fused-ring (bicyclic) bond motifs is 1. The number of hydrogen-bond acceptors (Lipinski definition) is 2. The maximum atomic E-state index is 10.4. The highest BCUT2D eigenvalue weighted by atomic mass is 127. The molecule has 0 radical (unpaired) electrons. The van der Waals surface area contributed by atoms with Gasteiger partial charge in [0.05, 0.1) is 6.10 Å². The quantitative estimate of drug-likeness (QED) is 0.336. The Bertz CT molecular complexity index is 913. The minimum Gasteiger partial charge on any atom is -0.388 e. The van der Waals surface area contributed by atoms with E-state index in [-0.39, 0.29) is 6.10 Å². The van der Waals surface area contributed by atoms with Crippen molar-refractivity contribution in [2.75, 3.05) is 0 Å². The molecule has 0 amide bonds. The highest BCUT2D eigenvalue weighted by molar-refractivity contribution is 14.1. The van der Waals surface area contributed by atoms with Gasteiger partial charge in [-0.2, -0.15) is 0 Å². The van der Waals surface area contributed by atoms with E-state index in [1.165, 1.54) is 37.8 Å². The van der Waals surface area contributed by atoms with Gasteiger partial charge in [-0.1, -0.05) is 48.5 Å². The van der Waals surface area contributed by atoms with Crippen LogP contribution in [0.2, 0.25) is 0 Å². The van der Waals surface area contributed by atoms with Crippen molar-refractivity contribution >= 4 is 39.3 Å². The standard InChI is InChI=1S/C25H29IOS/c1-16(11-22-12-18(3)24(26)13-17(22)2)15-28-19(4)21-10-9-20-7-5-6-8-25(27)23(20)14-21/h9-10,12-15,25,27H,4-8,11H2,1-3H3/b16-15+. The third-order valence-corrected chi connectivity index (χ3v) is 7.69. The Morgan fingerprint density at radius 1 is 1.21 bits per heavy atom. The van der Waals surface area contributed by atoms with Crippen molar-refractivity contribution in [2.45, 2.75) is 59.0 Å². The van der Waals surface area contributed by atoms with Crippen molar-refractivity contribution in [3.63, 3.8) is 0 Å². The van der Waals surface area contributed by atoms with Crippen LogP contribution < -0.4 is 0 Å². The number of allylic oxidation sites excluding steroid dienone is 1. The molecular formula is C25H29IOS. The fourth-order valence-corrected chi connectivity index (χ4v) is 5.04. The number of halogens is 1. The minimum atomic E-state index is -0.334. The first kappa shape index (κ1) is 21.7. The van der Waals surface area contributed by atoms with E-state index in [4.69, 9.17) is 0 Å². The lowest BCUT2D eigenvalue weighted by Crippen LogP contribution is -1.99. The van der Waals surface area contributed by atoms with Crippen LogP contribution in [0.1, 0.15) is 65.7 Å². The molecule has 1 aliphatic carbocycles. The first-order valence-electron chi connectivity index (χ1n) is 9.93. The third-order valence-electron chi connectivity index (χ3n) is 5.49. The van der Waals surface area contributed by atoms with Crippen LogP contribution in [0.4, 0.5) is 0 Å². The van der Waals surface area contributed by atoms with Crippen LogP contribution in [0.25, 0.3) is 4.91 Å². The molecule has 1 atom stereocenters. The predicted octanol–water partition coefficient (Wildman–Crippen LogP) is 7.52. The number of thioether (sulfide) groups is 1. The largest absolute Gasteiger partial charge is 0.388 e. The number of benzene rings is 2. The summed E-state index contributed by atoms with van der Waals surface area (Å²) < 4.78 is 1.33. The van der Waals surface area contributed by atoms with E-state index in [1.807, 2.05) is 0 Å². The van der Waals surface area contributed by atoms with Crippen molar-refractivity contribution in [1.82, 2.24) is 0 Å². The Morgan fingerprint density at radius 2 is 2.00 bits per heavy atom.